The normalized spacial score (nSPS) is 20.8. The molecule has 0 saturated carbocycles. The molecule has 29 heavy (non-hydrogen) atoms. The number of hydrogen-bond donors (Lipinski definition) is 0. The first kappa shape index (κ1) is 19.5. The molecular formula is C21H24F2N4O2. The predicted octanol–water partition coefficient (Wildman–Crippen LogP) is 3.26. The Morgan fingerprint density at radius 3 is 2.83 bits per heavy atom. The van der Waals surface area contributed by atoms with Crippen molar-refractivity contribution in [2.24, 2.45) is 0 Å². The van der Waals surface area contributed by atoms with Gasteiger partial charge in [0.25, 0.3) is 5.91 Å². The van der Waals surface area contributed by atoms with E-state index < -0.39 is 6.61 Å². The van der Waals surface area contributed by atoms with E-state index in [1.54, 1.807) is 17.0 Å². The molecule has 1 aliphatic heterocycles. The summed E-state index contributed by atoms with van der Waals surface area (Å²) in [5, 5.41) is 0. The summed E-state index contributed by atoms with van der Waals surface area (Å²) in [6, 6.07) is 6.18. The van der Waals surface area contributed by atoms with E-state index in [9.17, 15) is 13.6 Å². The smallest absolute Gasteiger partial charge is 0.387 e. The number of aryl methyl sites for hydroxylation is 1. The van der Waals surface area contributed by atoms with Crippen LogP contribution in [0.4, 0.5) is 14.7 Å². The van der Waals surface area contributed by atoms with E-state index in [0.29, 0.717) is 19.0 Å². The number of ether oxygens (including phenoxy) is 1. The van der Waals surface area contributed by atoms with Gasteiger partial charge in [-0.05, 0) is 43.4 Å². The van der Waals surface area contributed by atoms with Crippen LogP contribution in [0.25, 0.3) is 0 Å². The van der Waals surface area contributed by atoms with Crippen molar-refractivity contribution in [1.29, 1.82) is 0 Å². The highest BCUT2D eigenvalue weighted by molar-refractivity contribution is 5.97. The number of hydrogen-bond acceptors (Lipinski definition) is 5. The van der Waals surface area contributed by atoms with Crippen LogP contribution in [0.15, 0.2) is 30.5 Å². The minimum Gasteiger partial charge on any atom is -0.434 e. The number of likely N-dealkylation sites (tertiary alicyclic amines) is 1. The van der Waals surface area contributed by atoms with Crippen molar-refractivity contribution in [2.45, 2.75) is 37.7 Å². The number of rotatable bonds is 4. The first-order valence-corrected chi connectivity index (χ1v) is 9.76. The fourth-order valence-electron chi connectivity index (χ4n) is 4.46. The molecule has 2 aliphatic rings. The second-order valence-electron chi connectivity index (χ2n) is 7.92. The van der Waals surface area contributed by atoms with Crippen LogP contribution in [-0.4, -0.2) is 54.6 Å². The molecule has 1 saturated heterocycles. The maximum absolute atomic E-state index is 13.2. The van der Waals surface area contributed by atoms with Gasteiger partial charge in [-0.2, -0.15) is 8.78 Å². The van der Waals surface area contributed by atoms with Crippen molar-refractivity contribution in [3.63, 3.8) is 0 Å². The van der Waals surface area contributed by atoms with E-state index in [1.807, 2.05) is 25.2 Å². The number of para-hydroxylation sites is 1. The molecule has 0 N–H and O–H groups in total. The lowest BCUT2D eigenvalue weighted by Gasteiger charge is -2.40. The first-order valence-electron chi connectivity index (χ1n) is 9.76. The third-order valence-electron chi connectivity index (χ3n) is 5.82. The lowest BCUT2D eigenvalue weighted by atomic mass is 9.77. The molecular weight excluding hydrogens is 378 g/mol. The number of benzene rings is 1. The molecule has 154 valence electrons. The van der Waals surface area contributed by atoms with E-state index in [1.165, 1.54) is 12.1 Å². The molecule has 2 heterocycles. The molecule has 1 spiro atoms. The summed E-state index contributed by atoms with van der Waals surface area (Å²) in [4.78, 5) is 26.0. The van der Waals surface area contributed by atoms with Crippen LogP contribution in [0.3, 0.4) is 0 Å². The largest absolute Gasteiger partial charge is 0.434 e. The van der Waals surface area contributed by atoms with Crippen molar-refractivity contribution in [3.05, 3.63) is 47.3 Å². The summed E-state index contributed by atoms with van der Waals surface area (Å²) in [6.45, 7) is -1.87. The van der Waals surface area contributed by atoms with Crippen LogP contribution in [0.5, 0.6) is 5.75 Å². The van der Waals surface area contributed by atoms with Crippen LogP contribution < -0.4 is 9.64 Å². The van der Waals surface area contributed by atoms with E-state index in [2.05, 4.69) is 9.72 Å². The van der Waals surface area contributed by atoms with Gasteiger partial charge in [0.2, 0.25) is 5.95 Å². The quantitative estimate of drug-likeness (QED) is 0.786. The lowest BCUT2D eigenvalue weighted by Crippen LogP contribution is -2.48. The average molecular weight is 402 g/mol. The highest BCUT2D eigenvalue weighted by Gasteiger charge is 2.45. The molecule has 4 rings (SSSR count). The number of fused-ring (bicyclic) bond motifs is 2. The summed E-state index contributed by atoms with van der Waals surface area (Å²) >= 11 is 0. The van der Waals surface area contributed by atoms with Crippen molar-refractivity contribution in [1.82, 2.24) is 14.9 Å². The number of halogens is 2. The molecule has 1 aromatic heterocycles. The van der Waals surface area contributed by atoms with Gasteiger partial charge in [-0.25, -0.2) is 9.97 Å². The Labute approximate surface area is 168 Å². The highest BCUT2D eigenvalue weighted by atomic mass is 19.3. The Kier molecular flexibility index (Phi) is 5.10. The summed E-state index contributed by atoms with van der Waals surface area (Å²) in [5.74, 6) is 0.288. The molecule has 1 amide bonds. The van der Waals surface area contributed by atoms with Crippen LogP contribution in [0.1, 0.15) is 40.9 Å². The molecule has 1 atom stereocenters. The van der Waals surface area contributed by atoms with Crippen molar-refractivity contribution in [2.75, 3.05) is 32.1 Å². The van der Waals surface area contributed by atoms with Gasteiger partial charge in [0.05, 0.1) is 11.3 Å². The zero-order valence-electron chi connectivity index (χ0n) is 16.6. The van der Waals surface area contributed by atoms with Crippen LogP contribution in [-0.2, 0) is 11.8 Å². The molecule has 0 radical (unpaired) electrons. The predicted molar refractivity (Wildman–Crippen MR) is 105 cm³/mol. The number of carbonyl (C=O) groups excluding carboxylic acids is 1. The lowest BCUT2D eigenvalue weighted by molar-refractivity contribution is -0.0503. The number of piperidine rings is 1. The summed E-state index contributed by atoms with van der Waals surface area (Å²) in [7, 11) is 3.81. The number of amides is 1. The molecule has 2 aromatic rings. The van der Waals surface area contributed by atoms with E-state index in [-0.39, 0.29) is 22.6 Å². The number of carbonyl (C=O) groups is 1. The fraction of sp³-hybridized carbons (Fsp3) is 0.476. The van der Waals surface area contributed by atoms with Gasteiger partial charge in [0, 0.05) is 38.8 Å². The summed E-state index contributed by atoms with van der Waals surface area (Å²) < 4.78 is 30.1. The maximum Gasteiger partial charge on any atom is 0.387 e. The minimum atomic E-state index is -2.97. The van der Waals surface area contributed by atoms with Crippen molar-refractivity contribution < 1.29 is 18.3 Å². The summed E-state index contributed by atoms with van der Waals surface area (Å²) in [5.41, 5.74) is 2.10. The number of aromatic nitrogens is 2. The molecule has 1 fully saturated rings. The zero-order chi connectivity index (χ0) is 20.6. The molecule has 1 aromatic carbocycles. The van der Waals surface area contributed by atoms with Gasteiger partial charge in [-0.1, -0.05) is 12.1 Å². The summed E-state index contributed by atoms with van der Waals surface area (Å²) in [6.07, 6.45) is 5.47. The zero-order valence-corrected chi connectivity index (χ0v) is 16.6. The van der Waals surface area contributed by atoms with Gasteiger partial charge in [0.15, 0.2) is 0 Å². The molecule has 0 bridgehead atoms. The third-order valence-corrected chi connectivity index (χ3v) is 5.82. The molecule has 8 heteroatoms. The topological polar surface area (TPSA) is 58.6 Å². The van der Waals surface area contributed by atoms with Gasteiger partial charge < -0.3 is 14.5 Å². The maximum atomic E-state index is 13.2. The van der Waals surface area contributed by atoms with Gasteiger partial charge in [-0.3, -0.25) is 4.79 Å². The van der Waals surface area contributed by atoms with E-state index in [4.69, 9.17) is 4.98 Å². The second-order valence-corrected chi connectivity index (χ2v) is 7.92. The van der Waals surface area contributed by atoms with E-state index in [0.717, 1.165) is 36.9 Å². The number of alkyl halides is 2. The van der Waals surface area contributed by atoms with Crippen LogP contribution >= 0.6 is 0 Å². The monoisotopic (exact) mass is 402 g/mol. The van der Waals surface area contributed by atoms with E-state index >= 15 is 0 Å². The third kappa shape index (κ3) is 3.63. The average Bonchev–Trinajstić information content (AvgIpc) is 3.04. The van der Waals surface area contributed by atoms with Crippen molar-refractivity contribution >= 4 is 11.9 Å². The Hall–Kier alpha value is -2.77. The van der Waals surface area contributed by atoms with Crippen LogP contribution in [0.2, 0.25) is 0 Å². The number of anilines is 1. The van der Waals surface area contributed by atoms with Crippen molar-refractivity contribution in [3.8, 4) is 5.75 Å². The number of nitrogens with zero attached hydrogens (tertiary/aromatic N) is 4. The fourth-order valence-corrected chi connectivity index (χ4v) is 4.46. The standard InChI is InChI=1S/C21H24F2N4O2/c1-26(2)20-24-12-14-8-10-21(17(14)25-20)9-5-11-27(13-21)18(28)15-6-3-4-7-16(15)29-19(22)23/h3-4,6-7,12,19H,5,8-11,13H2,1-2H3. The molecule has 1 aliphatic carbocycles. The van der Waals surface area contributed by atoms with Gasteiger partial charge >= 0.3 is 6.61 Å². The molecule has 1 unspecified atom stereocenters. The first-order chi connectivity index (χ1) is 13.9. The Balaban J connectivity index is 1.63. The second kappa shape index (κ2) is 7.57. The Morgan fingerprint density at radius 1 is 1.28 bits per heavy atom. The highest BCUT2D eigenvalue weighted by Crippen LogP contribution is 2.44. The minimum absolute atomic E-state index is 0.0869. The Morgan fingerprint density at radius 2 is 2.07 bits per heavy atom. The van der Waals surface area contributed by atoms with Gasteiger partial charge in [0.1, 0.15) is 5.75 Å². The SMILES string of the molecule is CN(C)c1ncc2c(n1)C1(CCCN(C(=O)c3ccccc3OC(F)F)C1)CC2. The van der Waals surface area contributed by atoms with Gasteiger partial charge in [-0.15, -0.1) is 0 Å². The Bertz CT molecular complexity index is 917. The molecule has 6 nitrogen and oxygen atoms in total. The van der Waals surface area contributed by atoms with Crippen LogP contribution in [0, 0.1) is 0 Å².